The van der Waals surface area contributed by atoms with Crippen molar-refractivity contribution in [1.82, 2.24) is 0 Å². The first-order valence-corrected chi connectivity index (χ1v) is 10.3. The average Bonchev–Trinajstić information content (AvgIpc) is 2.80. The summed E-state index contributed by atoms with van der Waals surface area (Å²) in [5.74, 6) is 0.0936. The van der Waals surface area contributed by atoms with Crippen LogP contribution >= 0.6 is 11.8 Å². The zero-order valence-electron chi connectivity index (χ0n) is 15.8. The van der Waals surface area contributed by atoms with Gasteiger partial charge in [-0.2, -0.15) is 0 Å². The largest absolute Gasteiger partial charge is 0.485 e. The number of anilines is 2. The second-order valence-corrected chi connectivity index (χ2v) is 7.82. The van der Waals surface area contributed by atoms with Crippen LogP contribution in [-0.2, 0) is 14.3 Å². The van der Waals surface area contributed by atoms with Gasteiger partial charge in [0.1, 0.15) is 6.61 Å². The first kappa shape index (κ1) is 18.6. The quantitative estimate of drug-likeness (QED) is 0.593. The summed E-state index contributed by atoms with van der Waals surface area (Å²) in [5, 5.41) is 0. The average molecular weight is 419 g/mol. The van der Waals surface area contributed by atoms with E-state index in [0.29, 0.717) is 11.5 Å². The summed E-state index contributed by atoms with van der Waals surface area (Å²) in [7, 11) is 0. The maximum Gasteiger partial charge on any atom is 0.351 e. The molecular weight excluding hydrogens is 402 g/mol. The fourth-order valence-corrected chi connectivity index (χ4v) is 4.46. The van der Waals surface area contributed by atoms with E-state index in [1.807, 2.05) is 54.6 Å². The van der Waals surface area contributed by atoms with Gasteiger partial charge < -0.3 is 14.2 Å². The van der Waals surface area contributed by atoms with E-state index in [1.54, 1.807) is 34.9 Å². The molecule has 7 heteroatoms. The molecule has 1 amide bonds. The topological polar surface area (TPSA) is 65.1 Å². The molecule has 30 heavy (non-hydrogen) atoms. The van der Waals surface area contributed by atoms with Gasteiger partial charge in [-0.1, -0.05) is 48.2 Å². The number of esters is 1. The lowest BCUT2D eigenvalue weighted by atomic mass is 10.2. The molecule has 1 atom stereocenters. The van der Waals surface area contributed by atoms with Crippen molar-refractivity contribution < 1.29 is 23.8 Å². The molecule has 3 aromatic carbocycles. The Balaban J connectivity index is 1.31. The summed E-state index contributed by atoms with van der Waals surface area (Å²) < 4.78 is 16.5. The number of fused-ring (bicyclic) bond motifs is 3. The highest BCUT2D eigenvalue weighted by molar-refractivity contribution is 7.99. The van der Waals surface area contributed by atoms with Crippen LogP contribution in [0.1, 0.15) is 0 Å². The predicted octanol–water partition coefficient (Wildman–Crippen LogP) is 4.20. The maximum absolute atomic E-state index is 13.1. The third-order valence-corrected chi connectivity index (χ3v) is 5.92. The van der Waals surface area contributed by atoms with E-state index >= 15 is 0 Å². The first-order chi connectivity index (χ1) is 14.7. The lowest BCUT2D eigenvalue weighted by Crippen LogP contribution is -2.40. The molecule has 3 aromatic rings. The number of benzene rings is 3. The number of ether oxygens (including phenoxy) is 3. The number of carbonyl (C=O) groups is 2. The van der Waals surface area contributed by atoms with E-state index in [9.17, 15) is 9.59 Å². The molecule has 0 aromatic heterocycles. The molecule has 0 bridgehead atoms. The normalized spacial score (nSPS) is 16.3. The van der Waals surface area contributed by atoms with Crippen molar-refractivity contribution in [3.05, 3.63) is 72.8 Å². The highest BCUT2D eigenvalue weighted by atomic mass is 32.2. The maximum atomic E-state index is 13.1. The van der Waals surface area contributed by atoms with Crippen LogP contribution in [0.2, 0.25) is 0 Å². The number of amides is 1. The monoisotopic (exact) mass is 419 g/mol. The molecule has 5 rings (SSSR count). The standard InChI is InChI=1S/C23H17NO5S/c25-22(14-28-23(26)19-13-27-17-9-3-4-10-18(17)29-19)24-15-7-1-5-11-20(15)30-21-12-6-2-8-16(21)24/h1-12,19H,13-14H2/t19-/m0/s1. The third-order valence-electron chi connectivity index (χ3n) is 4.79. The summed E-state index contributed by atoms with van der Waals surface area (Å²) in [5.41, 5.74) is 1.54. The minimum atomic E-state index is -0.913. The fraction of sp³-hybridized carbons (Fsp3) is 0.130. The van der Waals surface area contributed by atoms with Gasteiger partial charge >= 0.3 is 5.97 Å². The smallest absolute Gasteiger partial charge is 0.351 e. The zero-order valence-corrected chi connectivity index (χ0v) is 16.6. The van der Waals surface area contributed by atoms with Gasteiger partial charge in [0.25, 0.3) is 5.91 Å². The second kappa shape index (κ2) is 7.76. The molecule has 0 radical (unpaired) electrons. The second-order valence-electron chi connectivity index (χ2n) is 6.74. The molecule has 0 N–H and O–H groups in total. The van der Waals surface area contributed by atoms with E-state index in [2.05, 4.69) is 0 Å². The predicted molar refractivity (Wildman–Crippen MR) is 111 cm³/mol. The van der Waals surface area contributed by atoms with Crippen molar-refractivity contribution in [1.29, 1.82) is 0 Å². The van der Waals surface area contributed by atoms with Crippen molar-refractivity contribution in [2.75, 3.05) is 18.1 Å². The van der Waals surface area contributed by atoms with E-state index in [0.717, 1.165) is 21.2 Å². The Morgan fingerprint density at radius 2 is 1.50 bits per heavy atom. The van der Waals surface area contributed by atoms with Gasteiger partial charge in [0.15, 0.2) is 18.1 Å². The summed E-state index contributed by atoms with van der Waals surface area (Å²) >= 11 is 1.61. The molecule has 2 aliphatic heterocycles. The lowest BCUT2D eigenvalue weighted by molar-refractivity contribution is -0.157. The van der Waals surface area contributed by atoms with Crippen LogP contribution in [0.25, 0.3) is 0 Å². The van der Waals surface area contributed by atoms with Gasteiger partial charge in [0.05, 0.1) is 11.4 Å². The van der Waals surface area contributed by atoms with Crippen molar-refractivity contribution in [2.45, 2.75) is 15.9 Å². The van der Waals surface area contributed by atoms with E-state index < -0.39 is 18.7 Å². The lowest BCUT2D eigenvalue weighted by Gasteiger charge is -2.31. The van der Waals surface area contributed by atoms with Crippen LogP contribution in [0.4, 0.5) is 11.4 Å². The Kier molecular flexibility index (Phi) is 4.80. The molecule has 2 heterocycles. The first-order valence-electron chi connectivity index (χ1n) is 9.45. The molecule has 0 saturated heterocycles. The molecule has 6 nitrogen and oxygen atoms in total. The van der Waals surface area contributed by atoms with Crippen LogP contribution < -0.4 is 14.4 Å². The Bertz CT molecular complexity index is 1090. The van der Waals surface area contributed by atoms with E-state index in [1.165, 1.54) is 0 Å². The highest BCUT2D eigenvalue weighted by Crippen LogP contribution is 2.47. The number of rotatable bonds is 3. The Labute approximate surface area is 177 Å². The van der Waals surface area contributed by atoms with Crippen molar-refractivity contribution >= 4 is 35.0 Å². The summed E-state index contributed by atoms with van der Waals surface area (Å²) in [6.45, 7) is -0.357. The number of hydrogen-bond donors (Lipinski definition) is 0. The fourth-order valence-electron chi connectivity index (χ4n) is 3.40. The highest BCUT2D eigenvalue weighted by Gasteiger charge is 2.32. The number of hydrogen-bond acceptors (Lipinski definition) is 6. The molecular formula is C23H17NO5S. The van der Waals surface area contributed by atoms with Gasteiger partial charge in [-0.3, -0.25) is 9.69 Å². The minimum absolute atomic E-state index is 0.0378. The summed E-state index contributed by atoms with van der Waals surface area (Å²) in [4.78, 5) is 29.1. The molecule has 0 fully saturated rings. The zero-order chi connectivity index (χ0) is 20.5. The van der Waals surface area contributed by atoms with E-state index in [-0.39, 0.29) is 12.5 Å². The molecule has 0 saturated carbocycles. The molecule has 2 aliphatic rings. The summed E-state index contributed by atoms with van der Waals surface area (Å²) in [6.07, 6.45) is -0.913. The van der Waals surface area contributed by atoms with Gasteiger partial charge in [0, 0.05) is 9.79 Å². The van der Waals surface area contributed by atoms with Crippen LogP contribution in [0.5, 0.6) is 11.5 Å². The van der Waals surface area contributed by atoms with Gasteiger partial charge in [-0.15, -0.1) is 0 Å². The van der Waals surface area contributed by atoms with Crippen molar-refractivity contribution in [3.63, 3.8) is 0 Å². The Morgan fingerprint density at radius 1 is 0.900 bits per heavy atom. The SMILES string of the molecule is O=C(OCC(=O)N1c2ccccc2Sc2ccccc21)[C@@H]1COc2ccccc2O1. The molecule has 0 unspecified atom stereocenters. The van der Waals surface area contributed by atoms with Crippen LogP contribution in [-0.4, -0.2) is 31.2 Å². The van der Waals surface area contributed by atoms with E-state index in [4.69, 9.17) is 14.2 Å². The molecule has 150 valence electrons. The Morgan fingerprint density at radius 3 is 2.20 bits per heavy atom. The van der Waals surface area contributed by atoms with Gasteiger partial charge in [-0.05, 0) is 36.4 Å². The minimum Gasteiger partial charge on any atom is -0.485 e. The number of nitrogens with zero attached hydrogens (tertiary/aromatic N) is 1. The van der Waals surface area contributed by atoms with Crippen molar-refractivity contribution in [2.24, 2.45) is 0 Å². The van der Waals surface area contributed by atoms with Gasteiger partial charge in [-0.25, -0.2) is 4.79 Å². The number of carbonyl (C=O) groups excluding carboxylic acids is 2. The number of para-hydroxylation sites is 4. The van der Waals surface area contributed by atoms with Crippen molar-refractivity contribution in [3.8, 4) is 11.5 Å². The van der Waals surface area contributed by atoms with Gasteiger partial charge in [0.2, 0.25) is 6.10 Å². The van der Waals surface area contributed by atoms with Crippen LogP contribution in [0, 0.1) is 0 Å². The van der Waals surface area contributed by atoms with Crippen LogP contribution in [0.15, 0.2) is 82.6 Å². The molecule has 0 aliphatic carbocycles. The summed E-state index contributed by atoms with van der Waals surface area (Å²) in [6, 6.07) is 22.4. The molecule has 0 spiro atoms. The van der Waals surface area contributed by atoms with Crippen LogP contribution in [0.3, 0.4) is 0 Å². The Hall–Kier alpha value is -3.45. The third kappa shape index (κ3) is 3.37.